The highest BCUT2D eigenvalue weighted by Gasteiger charge is 2.28. The van der Waals surface area contributed by atoms with Gasteiger partial charge in [-0.3, -0.25) is 0 Å². The highest BCUT2D eigenvalue weighted by Crippen LogP contribution is 2.51. The molecule has 6 heterocycles. The molecule has 0 bridgehead atoms. The third-order valence-corrected chi connectivity index (χ3v) is 28.9. The maximum absolute atomic E-state index is 10.6. The van der Waals surface area contributed by atoms with Crippen molar-refractivity contribution in [2.75, 3.05) is 0 Å². The minimum absolute atomic E-state index is 0.515. The molecule has 15 heteroatoms. The maximum atomic E-state index is 10.6. The van der Waals surface area contributed by atoms with Crippen LogP contribution in [0.2, 0.25) is 0 Å². The third-order valence-electron chi connectivity index (χ3n) is 28.9. The third kappa shape index (κ3) is 14.6. The van der Waals surface area contributed by atoms with Crippen LogP contribution in [-0.4, -0.2) is 27.4 Å². The van der Waals surface area contributed by atoms with Crippen molar-refractivity contribution in [3.05, 3.63) is 528 Å². The van der Waals surface area contributed by atoms with Gasteiger partial charge in [-0.2, -0.15) is 26.3 Å². The summed E-state index contributed by atoms with van der Waals surface area (Å²) >= 11 is 0. The molecule has 0 spiro atoms. The second-order valence-electron chi connectivity index (χ2n) is 36.7. The molecule has 0 radical (unpaired) electrons. The minimum atomic E-state index is 0.515. The first-order valence-corrected chi connectivity index (χ1v) is 48.8. The number of para-hydroxylation sites is 10. The zero-order chi connectivity index (χ0) is 101. The van der Waals surface area contributed by atoms with Crippen LogP contribution in [0.15, 0.2) is 455 Å². The summed E-state index contributed by atoms with van der Waals surface area (Å²) in [6.45, 7) is 32.2. The standard InChI is InChI=1S/3C45H25N5/c1-47-39-17-9-15-36(44(39)50-42-20-8-5-13-34(42)37-16-10-18-40(48-2)45(37)50)33-12-4-3-11-32(33)30-22-24-31(25-23-30)49-41-19-7-6-14-35(41)38-27-29(28-46)21-26-43(38)49;1-47-31-21-24-37-35-12-5-8-17-42(35)50(44(37)27-31)45-38(14-9-15-40(45)48-2)34-11-4-3-10-33(34)30-19-22-32(23-20-30)49-41-16-7-6-13-36(41)39-26-29(28-46)18-25-43(39)49;46-26-29-20-22-43-38(24-29)36-14-4-7-17-41(36)50(43)40-16-6-3-13-35(40)34-12-2-1-11-33(34)30-21-23-39(32(25-30)28-48)49-42-18-8-5-15-37(42)45-31(27-47)10-9-19-44(45)49/h2*3-27H;1-25H. The average Bonchev–Trinajstić information content (AvgIpc) is 1.57. The Morgan fingerprint density at radius 1 is 0.187 bits per heavy atom. The summed E-state index contributed by atoms with van der Waals surface area (Å²) in [6, 6.07) is 164. The lowest BCUT2D eigenvalue weighted by Crippen LogP contribution is -1.99. The number of hydrogen-bond acceptors (Lipinski definition) is 5. The molecule has 0 aliphatic heterocycles. The van der Waals surface area contributed by atoms with Crippen LogP contribution in [0, 0.1) is 82.9 Å². The summed E-state index contributed by atoms with van der Waals surface area (Å²) in [5.41, 5.74) is 34.4. The average molecular weight is 1910 g/mol. The van der Waals surface area contributed by atoms with Gasteiger partial charge in [0.25, 0.3) is 0 Å². The first kappa shape index (κ1) is 89.2. The highest BCUT2D eigenvalue weighted by atomic mass is 15.0. The van der Waals surface area contributed by atoms with Gasteiger partial charge in [0.05, 0.1) is 162 Å². The fourth-order valence-corrected chi connectivity index (χ4v) is 22.4. The van der Waals surface area contributed by atoms with Crippen molar-refractivity contribution in [1.82, 2.24) is 27.4 Å². The monoisotopic (exact) mass is 1910 g/mol. The molecule has 21 aromatic carbocycles. The highest BCUT2D eigenvalue weighted by molar-refractivity contribution is 6.18. The summed E-state index contributed by atoms with van der Waals surface area (Å²) < 4.78 is 13.1. The molecule has 27 rings (SSSR count). The molecule has 0 atom stereocenters. The Hall–Kier alpha value is -22.2. The van der Waals surface area contributed by atoms with Crippen molar-refractivity contribution in [2.24, 2.45) is 0 Å². The molecule has 690 valence electrons. The van der Waals surface area contributed by atoms with Crippen LogP contribution < -0.4 is 0 Å². The van der Waals surface area contributed by atoms with Gasteiger partial charge in [0.15, 0.2) is 5.69 Å². The lowest BCUT2D eigenvalue weighted by Gasteiger charge is -2.19. The van der Waals surface area contributed by atoms with Crippen molar-refractivity contribution in [2.45, 2.75) is 0 Å². The van der Waals surface area contributed by atoms with Gasteiger partial charge in [0, 0.05) is 81.7 Å². The summed E-state index contributed by atoms with van der Waals surface area (Å²) in [5.74, 6) is 0. The van der Waals surface area contributed by atoms with Gasteiger partial charge in [0.2, 0.25) is 17.1 Å². The molecule has 6 aromatic heterocycles. The van der Waals surface area contributed by atoms with E-state index in [0.717, 1.165) is 232 Å². The maximum Gasteiger partial charge on any atom is 0.211 e. The number of nitriles is 5. The first-order valence-electron chi connectivity index (χ1n) is 48.8. The van der Waals surface area contributed by atoms with Crippen LogP contribution in [0.4, 0.5) is 22.7 Å². The van der Waals surface area contributed by atoms with E-state index in [9.17, 15) is 26.3 Å². The Labute approximate surface area is 861 Å². The predicted octanol–water partition coefficient (Wildman–Crippen LogP) is 35.2. The van der Waals surface area contributed by atoms with E-state index < -0.39 is 0 Å². The van der Waals surface area contributed by atoms with Crippen LogP contribution in [-0.2, 0) is 0 Å². The van der Waals surface area contributed by atoms with Gasteiger partial charge in [-0.05, 0) is 218 Å². The van der Waals surface area contributed by atoms with E-state index in [-0.39, 0.29) is 0 Å². The Bertz CT molecular complexity index is 10800. The molecule has 0 saturated heterocycles. The zero-order valence-electron chi connectivity index (χ0n) is 80.0. The van der Waals surface area contributed by atoms with E-state index >= 15 is 0 Å². The summed E-state index contributed by atoms with van der Waals surface area (Å²) in [7, 11) is 0. The molecule has 0 unspecified atom stereocenters. The largest absolute Gasteiger partial charge is 0.328 e. The van der Waals surface area contributed by atoms with Crippen molar-refractivity contribution in [3.63, 3.8) is 0 Å². The number of benzene rings is 21. The Morgan fingerprint density at radius 3 is 1.01 bits per heavy atom. The fourth-order valence-electron chi connectivity index (χ4n) is 22.4. The van der Waals surface area contributed by atoms with Crippen molar-refractivity contribution in [3.8, 4) is 131 Å². The van der Waals surface area contributed by atoms with Gasteiger partial charge < -0.3 is 27.4 Å². The van der Waals surface area contributed by atoms with E-state index in [1.807, 2.05) is 261 Å². The Balaban J connectivity index is 0.000000116. The SMILES string of the molecule is N#Cc1ccc2c(c1)c1ccccc1n2-c1ccccc1-c1ccccc1-c1ccc(-n2c3ccccc3c3c(C#N)cccc32)c(C#N)c1.[C-]#[N+]c1ccc2c3ccccc3n(-c3c([N+]#[C-])cccc3-c3ccccc3-c3ccc(-n4c5ccccc5c5cc(C#N)ccc54)cc3)c2c1.[C-]#[N+]c1cccc(-c2ccccc2-c2ccc(-n3c4ccccc4c4cc(C#N)ccc43)cc2)c1-n1c2ccccc2c2cccc([N+]#[C-])c21. The normalized spacial score (nSPS) is 11.1. The minimum Gasteiger partial charge on any atom is -0.328 e. The molecule has 0 N–H and O–H groups in total. The molecule has 0 aliphatic rings. The van der Waals surface area contributed by atoms with Crippen LogP contribution in [0.25, 0.3) is 251 Å². The van der Waals surface area contributed by atoms with Crippen LogP contribution >= 0.6 is 0 Å². The van der Waals surface area contributed by atoms with E-state index in [4.69, 9.17) is 26.3 Å². The summed E-state index contributed by atoms with van der Waals surface area (Å²) in [4.78, 5) is 15.7. The smallest absolute Gasteiger partial charge is 0.211 e. The Kier molecular flexibility index (Phi) is 22.0. The number of aromatic nitrogens is 6. The molecule has 0 amide bonds. The van der Waals surface area contributed by atoms with Crippen molar-refractivity contribution in [1.29, 1.82) is 26.3 Å². The molecular weight excluding hydrogens is 1830 g/mol. The van der Waals surface area contributed by atoms with Crippen LogP contribution in [0.1, 0.15) is 27.8 Å². The molecule has 15 nitrogen and oxygen atoms in total. The second kappa shape index (κ2) is 37.0. The zero-order valence-corrected chi connectivity index (χ0v) is 80.0. The molecule has 0 fully saturated rings. The van der Waals surface area contributed by atoms with E-state index in [1.165, 1.54) is 0 Å². The lowest BCUT2D eigenvalue weighted by molar-refractivity contribution is 1.17. The van der Waals surface area contributed by atoms with E-state index in [0.29, 0.717) is 50.6 Å². The molecular formula is C135H75N15. The fraction of sp³-hybridized carbons (Fsp3) is 0. The summed E-state index contributed by atoms with van der Waals surface area (Å²) in [5, 5.41) is 61.7. The lowest BCUT2D eigenvalue weighted by atomic mass is 9.92. The van der Waals surface area contributed by atoms with Crippen LogP contribution in [0.3, 0.4) is 0 Å². The quantitative estimate of drug-likeness (QED) is 0.111. The molecule has 27 aromatic rings. The number of fused-ring (bicyclic) bond motifs is 18. The van der Waals surface area contributed by atoms with Crippen molar-refractivity contribution >= 4 is 154 Å². The predicted molar refractivity (Wildman–Crippen MR) is 607 cm³/mol. The van der Waals surface area contributed by atoms with Gasteiger partial charge in [0.1, 0.15) is 6.07 Å². The van der Waals surface area contributed by atoms with E-state index in [1.54, 1.807) is 0 Å². The second-order valence-corrected chi connectivity index (χ2v) is 36.7. The van der Waals surface area contributed by atoms with Gasteiger partial charge in [-0.25, -0.2) is 19.4 Å². The van der Waals surface area contributed by atoms with Gasteiger partial charge in [-0.1, -0.05) is 303 Å². The molecule has 0 aliphatic carbocycles. The summed E-state index contributed by atoms with van der Waals surface area (Å²) in [6.07, 6.45) is 0. The van der Waals surface area contributed by atoms with Gasteiger partial charge in [-0.15, -0.1) is 0 Å². The van der Waals surface area contributed by atoms with Crippen molar-refractivity contribution < 1.29 is 0 Å². The number of nitrogens with zero attached hydrogens (tertiary/aromatic N) is 15. The van der Waals surface area contributed by atoms with Gasteiger partial charge >= 0.3 is 0 Å². The van der Waals surface area contributed by atoms with Crippen LogP contribution in [0.5, 0.6) is 0 Å². The topological polar surface area (TPSA) is 166 Å². The molecule has 150 heavy (non-hydrogen) atoms. The van der Waals surface area contributed by atoms with E-state index in [2.05, 4.69) is 271 Å². The number of rotatable bonds is 12. The Morgan fingerprint density at radius 2 is 0.527 bits per heavy atom. The first-order chi connectivity index (χ1) is 74.1. The number of hydrogen-bond donors (Lipinski definition) is 0. The molecule has 0 saturated carbocycles.